The van der Waals surface area contributed by atoms with Crippen LogP contribution in [0.3, 0.4) is 0 Å². The Morgan fingerprint density at radius 2 is 1.88 bits per heavy atom. The molecule has 2 aromatic rings. The van der Waals surface area contributed by atoms with Gasteiger partial charge in [0.2, 0.25) is 0 Å². The molecule has 1 heterocycles. The molecule has 1 N–H and O–H groups in total. The van der Waals surface area contributed by atoms with E-state index in [0.29, 0.717) is 37.7 Å². The van der Waals surface area contributed by atoms with Gasteiger partial charge in [0.25, 0.3) is 0 Å². The van der Waals surface area contributed by atoms with Gasteiger partial charge in [-0.3, -0.25) is 4.90 Å². The lowest BCUT2D eigenvalue weighted by molar-refractivity contribution is -0.137. The van der Waals surface area contributed by atoms with Crippen molar-refractivity contribution in [3.63, 3.8) is 0 Å². The predicted octanol–water partition coefficient (Wildman–Crippen LogP) is 4.48. The van der Waals surface area contributed by atoms with Gasteiger partial charge in [-0.25, -0.2) is 4.79 Å². The number of urea groups is 1. The highest BCUT2D eigenvalue weighted by atomic mass is 19.4. The summed E-state index contributed by atoms with van der Waals surface area (Å²) in [5.74, 6) is 1.18. The number of morpholine rings is 1. The van der Waals surface area contributed by atoms with Crippen LogP contribution in [0.2, 0.25) is 0 Å². The number of carbonyl (C=O) groups excluding carboxylic acids is 1. The molecule has 1 fully saturated rings. The number of rotatable bonds is 9. The summed E-state index contributed by atoms with van der Waals surface area (Å²) >= 11 is 0. The summed E-state index contributed by atoms with van der Waals surface area (Å²) in [6.07, 6.45) is -3.79. The number of ether oxygens (including phenoxy) is 3. The second-order valence-corrected chi connectivity index (χ2v) is 7.92. The molecule has 10 heteroatoms. The molecule has 0 aliphatic carbocycles. The molecule has 0 aromatic heterocycles. The summed E-state index contributed by atoms with van der Waals surface area (Å²) in [4.78, 5) is 17.0. The van der Waals surface area contributed by atoms with Crippen LogP contribution in [-0.2, 0) is 17.5 Å². The van der Waals surface area contributed by atoms with Gasteiger partial charge in [0, 0.05) is 43.5 Å². The molecule has 0 bridgehead atoms. The highest BCUT2D eigenvalue weighted by Gasteiger charge is 2.30. The smallest absolute Gasteiger partial charge is 0.416 e. The van der Waals surface area contributed by atoms with Gasteiger partial charge in [0.15, 0.2) is 0 Å². The van der Waals surface area contributed by atoms with Crippen LogP contribution in [0.1, 0.15) is 17.5 Å². The molecule has 0 unspecified atom stereocenters. The van der Waals surface area contributed by atoms with E-state index in [-0.39, 0.29) is 12.2 Å². The Labute approximate surface area is 197 Å². The minimum absolute atomic E-state index is 0.0831. The Morgan fingerprint density at radius 1 is 1.12 bits per heavy atom. The topological polar surface area (TPSA) is 63.3 Å². The summed E-state index contributed by atoms with van der Waals surface area (Å²) in [6.45, 7) is 4.46. The van der Waals surface area contributed by atoms with Crippen molar-refractivity contribution in [3.8, 4) is 11.5 Å². The number of halogens is 3. The Hall–Kier alpha value is -2.98. The van der Waals surface area contributed by atoms with Crippen LogP contribution in [0, 0.1) is 0 Å². The van der Waals surface area contributed by atoms with Gasteiger partial charge in [-0.1, -0.05) is 6.07 Å². The van der Waals surface area contributed by atoms with Crippen molar-refractivity contribution in [2.24, 2.45) is 0 Å². The minimum Gasteiger partial charge on any atom is -0.497 e. The number of nitrogens with one attached hydrogen (secondary N) is 1. The van der Waals surface area contributed by atoms with E-state index in [2.05, 4.69) is 10.2 Å². The number of benzene rings is 2. The van der Waals surface area contributed by atoms with Gasteiger partial charge in [-0.05, 0) is 36.8 Å². The highest BCUT2D eigenvalue weighted by molar-refractivity contribution is 5.89. The average molecular weight is 482 g/mol. The zero-order valence-corrected chi connectivity index (χ0v) is 19.4. The van der Waals surface area contributed by atoms with Crippen LogP contribution in [-0.4, -0.2) is 69.4 Å². The number of hydrogen-bond acceptors (Lipinski definition) is 5. The Bertz CT molecular complexity index is 949. The van der Waals surface area contributed by atoms with Crippen molar-refractivity contribution in [1.29, 1.82) is 0 Å². The van der Waals surface area contributed by atoms with Crippen LogP contribution in [0.25, 0.3) is 0 Å². The molecular weight excluding hydrogens is 451 g/mol. The monoisotopic (exact) mass is 481 g/mol. The SMILES string of the molecule is COc1ccc(CN(CCCN2CCOCC2)C(=O)Nc2cccc(C(F)(F)F)c2)c(OC)c1. The maximum absolute atomic E-state index is 13.1. The maximum atomic E-state index is 13.1. The van der Waals surface area contributed by atoms with Crippen LogP contribution in [0.5, 0.6) is 11.5 Å². The summed E-state index contributed by atoms with van der Waals surface area (Å²) < 4.78 is 55.3. The Kier molecular flexibility index (Phi) is 9.00. The zero-order chi connectivity index (χ0) is 24.6. The fourth-order valence-corrected chi connectivity index (χ4v) is 3.73. The fourth-order valence-electron chi connectivity index (χ4n) is 3.73. The first-order valence-electron chi connectivity index (χ1n) is 11.0. The number of alkyl halides is 3. The van der Waals surface area contributed by atoms with Crippen molar-refractivity contribution in [3.05, 3.63) is 53.6 Å². The molecule has 3 rings (SSSR count). The molecule has 34 heavy (non-hydrogen) atoms. The maximum Gasteiger partial charge on any atom is 0.416 e. The molecule has 186 valence electrons. The molecular formula is C24H30F3N3O4. The molecule has 0 radical (unpaired) electrons. The zero-order valence-electron chi connectivity index (χ0n) is 19.4. The quantitative estimate of drug-likeness (QED) is 0.572. The number of carbonyl (C=O) groups is 1. The van der Waals surface area contributed by atoms with E-state index < -0.39 is 17.8 Å². The van der Waals surface area contributed by atoms with Gasteiger partial charge < -0.3 is 24.4 Å². The molecule has 2 amide bonds. The van der Waals surface area contributed by atoms with Crippen molar-refractivity contribution in [2.75, 3.05) is 58.9 Å². The third-order valence-corrected chi connectivity index (χ3v) is 5.59. The normalized spacial score (nSPS) is 14.5. The predicted molar refractivity (Wildman–Crippen MR) is 122 cm³/mol. The number of nitrogens with zero attached hydrogens (tertiary/aromatic N) is 2. The lowest BCUT2D eigenvalue weighted by atomic mass is 10.1. The van der Waals surface area contributed by atoms with Gasteiger partial charge in [-0.2, -0.15) is 13.2 Å². The second kappa shape index (κ2) is 11.9. The second-order valence-electron chi connectivity index (χ2n) is 7.92. The van der Waals surface area contributed by atoms with E-state index in [1.54, 1.807) is 24.1 Å². The van der Waals surface area contributed by atoms with E-state index in [4.69, 9.17) is 14.2 Å². The Morgan fingerprint density at radius 3 is 2.56 bits per heavy atom. The molecule has 0 atom stereocenters. The van der Waals surface area contributed by atoms with Crippen molar-refractivity contribution >= 4 is 11.7 Å². The van der Waals surface area contributed by atoms with E-state index in [9.17, 15) is 18.0 Å². The minimum atomic E-state index is -4.49. The first-order chi connectivity index (χ1) is 16.3. The molecule has 1 saturated heterocycles. The van der Waals surface area contributed by atoms with Crippen molar-refractivity contribution in [2.45, 2.75) is 19.1 Å². The molecule has 0 spiro atoms. The van der Waals surface area contributed by atoms with Gasteiger partial charge >= 0.3 is 12.2 Å². The van der Waals surface area contributed by atoms with E-state index in [1.807, 2.05) is 6.07 Å². The van der Waals surface area contributed by atoms with Gasteiger partial charge in [-0.15, -0.1) is 0 Å². The van der Waals surface area contributed by atoms with Crippen LogP contribution >= 0.6 is 0 Å². The molecule has 2 aromatic carbocycles. The van der Waals surface area contributed by atoms with Crippen molar-refractivity contribution in [1.82, 2.24) is 9.80 Å². The van der Waals surface area contributed by atoms with Crippen molar-refractivity contribution < 1.29 is 32.2 Å². The van der Waals surface area contributed by atoms with E-state index in [0.717, 1.165) is 37.3 Å². The largest absolute Gasteiger partial charge is 0.497 e. The van der Waals surface area contributed by atoms with Gasteiger partial charge in [0.05, 0.1) is 39.5 Å². The number of amides is 2. The van der Waals surface area contributed by atoms with Crippen LogP contribution in [0.15, 0.2) is 42.5 Å². The Balaban J connectivity index is 1.74. The first-order valence-corrected chi connectivity index (χ1v) is 11.0. The molecule has 7 nitrogen and oxygen atoms in total. The average Bonchev–Trinajstić information content (AvgIpc) is 2.83. The van der Waals surface area contributed by atoms with Gasteiger partial charge in [0.1, 0.15) is 11.5 Å². The third-order valence-electron chi connectivity index (χ3n) is 5.59. The number of anilines is 1. The number of methoxy groups -OCH3 is 2. The lowest BCUT2D eigenvalue weighted by Crippen LogP contribution is -2.40. The van der Waals surface area contributed by atoms with Crippen LogP contribution < -0.4 is 14.8 Å². The van der Waals surface area contributed by atoms with E-state index >= 15 is 0 Å². The van der Waals surface area contributed by atoms with E-state index in [1.165, 1.54) is 19.2 Å². The molecule has 1 aliphatic heterocycles. The summed E-state index contributed by atoms with van der Waals surface area (Å²) in [6, 6.07) is 9.43. The number of hydrogen-bond donors (Lipinski definition) is 1. The summed E-state index contributed by atoms with van der Waals surface area (Å²) in [7, 11) is 3.08. The van der Waals surface area contributed by atoms with Crippen LogP contribution in [0.4, 0.5) is 23.7 Å². The summed E-state index contributed by atoms with van der Waals surface area (Å²) in [5.41, 5.74) is 0.0227. The molecule has 1 aliphatic rings. The summed E-state index contributed by atoms with van der Waals surface area (Å²) in [5, 5.41) is 2.61. The lowest BCUT2D eigenvalue weighted by Gasteiger charge is -2.29. The third kappa shape index (κ3) is 7.26. The first kappa shape index (κ1) is 25.6. The fraction of sp³-hybridized carbons (Fsp3) is 0.458. The molecule has 0 saturated carbocycles. The highest BCUT2D eigenvalue weighted by Crippen LogP contribution is 2.31. The standard InChI is InChI=1S/C24H30F3N3O4/c1-32-21-8-7-18(22(16-21)33-2)17-30(10-4-9-29-11-13-34-14-12-29)23(31)28-20-6-3-5-19(15-20)24(25,26)27/h3,5-8,15-16H,4,9-14,17H2,1-2H3,(H,28,31).